The predicted octanol–water partition coefficient (Wildman–Crippen LogP) is 5.52. The summed E-state index contributed by atoms with van der Waals surface area (Å²) in [5.41, 5.74) is 18.2. The van der Waals surface area contributed by atoms with Crippen molar-refractivity contribution in [1.29, 1.82) is 11.1 Å². The number of rotatable bonds is 4. The van der Waals surface area contributed by atoms with Crippen molar-refractivity contribution in [2.45, 2.75) is 19.8 Å². The van der Waals surface area contributed by atoms with Gasteiger partial charge in [-0.15, -0.1) is 0 Å². The number of carbonyl (C=O) groups is 1. The van der Waals surface area contributed by atoms with Crippen molar-refractivity contribution in [2.75, 3.05) is 0 Å². The van der Waals surface area contributed by atoms with Crippen molar-refractivity contribution in [1.82, 2.24) is 9.82 Å². The van der Waals surface area contributed by atoms with E-state index in [1.54, 1.807) is 24.3 Å². The van der Waals surface area contributed by atoms with E-state index < -0.39 is 0 Å². The van der Waals surface area contributed by atoms with E-state index in [-0.39, 0.29) is 5.78 Å². The first kappa shape index (κ1) is 19.0. The lowest BCUT2D eigenvalue weighted by Gasteiger charge is -2.22. The van der Waals surface area contributed by atoms with Gasteiger partial charge in [0.1, 0.15) is 11.1 Å². The van der Waals surface area contributed by atoms with Gasteiger partial charge in [-0.25, -0.2) is 0 Å². The molecule has 0 bridgehead atoms. The third kappa shape index (κ3) is 4.68. The number of nitrogens with zero attached hydrogens (tertiary/aromatic N) is 4. The number of ketones is 1. The van der Waals surface area contributed by atoms with Crippen molar-refractivity contribution >= 4 is 29.3 Å². The fourth-order valence-corrected chi connectivity index (χ4v) is 3.26. The summed E-state index contributed by atoms with van der Waals surface area (Å²) in [6.07, 6.45) is 5.33. The van der Waals surface area contributed by atoms with Crippen molar-refractivity contribution in [3.05, 3.63) is 70.8 Å². The van der Waals surface area contributed by atoms with E-state index in [1.807, 2.05) is 36.4 Å². The van der Waals surface area contributed by atoms with Gasteiger partial charge in [-0.3, -0.25) is 4.79 Å². The zero-order valence-electron chi connectivity index (χ0n) is 15.5. The molecule has 3 rings (SSSR count). The minimum absolute atomic E-state index is 0.0722. The van der Waals surface area contributed by atoms with Gasteiger partial charge >= 0.3 is 0 Å². The molecule has 0 radical (unpaired) electrons. The Balaban J connectivity index is 1.87. The third-order valence-electron chi connectivity index (χ3n) is 4.52. The smallest absolute Gasteiger partial charge is 0.220 e. The number of allylic oxidation sites excluding steroid dienone is 2. The maximum Gasteiger partial charge on any atom is 0.220 e. The SMILES string of the molecule is CC1CC(=Cc2ccc(N=[N+]=N)cc2)C(=O)C(=Cc2ccc(N=[N+]=N)cc2)C1. The second-order valence-electron chi connectivity index (χ2n) is 6.76. The molecule has 0 aromatic heterocycles. The van der Waals surface area contributed by atoms with Gasteiger partial charge < -0.3 is 0 Å². The average Bonchev–Trinajstić information content (AvgIpc) is 2.69. The summed E-state index contributed by atoms with van der Waals surface area (Å²) in [6.45, 7) is 2.14. The Hall–Kier alpha value is -3.79. The van der Waals surface area contributed by atoms with Crippen LogP contribution in [0.4, 0.5) is 11.4 Å². The Morgan fingerprint density at radius 3 is 1.57 bits per heavy atom. The number of hydrogen-bond acceptors (Lipinski definition) is 5. The van der Waals surface area contributed by atoms with Crippen LogP contribution in [0.2, 0.25) is 0 Å². The van der Waals surface area contributed by atoms with E-state index in [4.69, 9.17) is 11.1 Å². The Labute approximate surface area is 162 Å². The van der Waals surface area contributed by atoms with Gasteiger partial charge in [0.2, 0.25) is 9.82 Å². The zero-order valence-corrected chi connectivity index (χ0v) is 15.5. The first-order chi connectivity index (χ1) is 13.6. The molecule has 0 saturated heterocycles. The summed E-state index contributed by atoms with van der Waals surface area (Å²) >= 11 is 0. The molecule has 1 saturated carbocycles. The molecule has 1 aliphatic carbocycles. The van der Waals surface area contributed by atoms with E-state index in [1.165, 1.54) is 0 Å². The maximum atomic E-state index is 13.0. The van der Waals surface area contributed by atoms with Crippen LogP contribution in [0, 0.1) is 17.0 Å². The van der Waals surface area contributed by atoms with Crippen LogP contribution in [-0.2, 0) is 4.79 Å². The van der Waals surface area contributed by atoms with E-state index in [9.17, 15) is 4.79 Å². The Morgan fingerprint density at radius 1 is 0.821 bits per heavy atom. The van der Waals surface area contributed by atoms with Gasteiger partial charge in [0.15, 0.2) is 27.4 Å². The predicted molar refractivity (Wildman–Crippen MR) is 106 cm³/mol. The van der Waals surface area contributed by atoms with Crippen LogP contribution in [0.1, 0.15) is 30.9 Å². The molecular weight excluding hydrogens is 352 g/mol. The molecule has 138 valence electrons. The molecule has 0 heterocycles. The van der Waals surface area contributed by atoms with Crippen LogP contribution in [-0.4, -0.2) is 5.78 Å². The van der Waals surface area contributed by atoms with Crippen LogP contribution >= 0.6 is 0 Å². The minimum atomic E-state index is 0.0722. The van der Waals surface area contributed by atoms with Crippen LogP contribution in [0.5, 0.6) is 0 Å². The average molecular weight is 372 g/mol. The second kappa shape index (κ2) is 8.73. The van der Waals surface area contributed by atoms with Crippen molar-refractivity contribution < 1.29 is 4.79 Å². The van der Waals surface area contributed by atoms with Crippen molar-refractivity contribution in [3.8, 4) is 0 Å². The van der Waals surface area contributed by atoms with E-state index in [0.717, 1.165) is 35.1 Å². The molecule has 7 heteroatoms. The van der Waals surface area contributed by atoms with Crippen LogP contribution in [0.15, 0.2) is 69.9 Å². The molecule has 0 amide bonds. The lowest BCUT2D eigenvalue weighted by atomic mass is 9.81. The number of benzene rings is 2. The normalized spacial score (nSPS) is 19.2. The largest absolute Gasteiger partial charge is 0.289 e. The summed E-state index contributed by atoms with van der Waals surface area (Å²) in [5.74, 6) is 0.450. The van der Waals surface area contributed by atoms with Crippen LogP contribution in [0.25, 0.3) is 12.2 Å². The fourth-order valence-electron chi connectivity index (χ4n) is 3.26. The maximum absolute atomic E-state index is 13.0. The second-order valence-corrected chi connectivity index (χ2v) is 6.76. The Morgan fingerprint density at radius 2 is 1.21 bits per heavy atom. The molecular formula is C21H20N6O+2. The number of carbonyl (C=O) groups excluding carboxylic acids is 1. The van der Waals surface area contributed by atoms with E-state index in [2.05, 4.69) is 27.0 Å². The molecule has 0 spiro atoms. The molecule has 2 aromatic carbocycles. The number of Topliss-reactive ketones (excluding diaryl/α,β-unsaturated/α-hetero) is 1. The monoisotopic (exact) mass is 372 g/mol. The zero-order chi connectivity index (χ0) is 19.9. The molecule has 1 fully saturated rings. The van der Waals surface area contributed by atoms with E-state index in [0.29, 0.717) is 17.3 Å². The highest BCUT2D eigenvalue weighted by Crippen LogP contribution is 2.32. The molecule has 28 heavy (non-hydrogen) atoms. The molecule has 1 aliphatic rings. The topological polar surface area (TPSA) is 118 Å². The van der Waals surface area contributed by atoms with Gasteiger partial charge in [0.05, 0.1) is 0 Å². The van der Waals surface area contributed by atoms with Gasteiger partial charge in [-0.05, 0) is 66.3 Å². The highest BCUT2D eigenvalue weighted by Gasteiger charge is 2.25. The lowest BCUT2D eigenvalue weighted by molar-refractivity contribution is -0.113. The summed E-state index contributed by atoms with van der Waals surface area (Å²) in [7, 11) is 0. The summed E-state index contributed by atoms with van der Waals surface area (Å²) in [5, 5.41) is 7.34. The molecule has 7 nitrogen and oxygen atoms in total. The summed E-state index contributed by atoms with van der Waals surface area (Å²) in [4.78, 5) is 19.0. The van der Waals surface area contributed by atoms with Crippen molar-refractivity contribution in [3.63, 3.8) is 0 Å². The molecule has 2 N–H and O–H groups in total. The quantitative estimate of drug-likeness (QED) is 0.410. The fraction of sp³-hybridized carbons (Fsp3) is 0.190. The third-order valence-corrected chi connectivity index (χ3v) is 4.52. The highest BCUT2D eigenvalue weighted by molar-refractivity contribution is 6.14. The van der Waals surface area contributed by atoms with Gasteiger partial charge in [0, 0.05) is 11.1 Å². The number of nitrogens with one attached hydrogen (secondary N) is 2. The number of hydrogen-bond donors (Lipinski definition) is 2. The molecule has 0 unspecified atom stereocenters. The molecule has 0 atom stereocenters. The van der Waals surface area contributed by atoms with Crippen molar-refractivity contribution in [2.24, 2.45) is 16.1 Å². The minimum Gasteiger partial charge on any atom is -0.289 e. The van der Waals surface area contributed by atoms with E-state index >= 15 is 0 Å². The molecule has 2 aromatic rings. The Bertz CT molecular complexity index is 954. The standard InChI is InChI=1S/C21H20N6O/c1-14-10-17(12-15-2-6-19(7-3-15)24-26-22)21(28)18(11-14)13-16-4-8-20(9-5-16)25-27-23/h2-9,12-14,22-23H,10-11H2,1H3/q+2. The van der Waals surface area contributed by atoms with Gasteiger partial charge in [-0.2, -0.15) is 0 Å². The van der Waals surface area contributed by atoms with Crippen LogP contribution < -0.4 is 9.82 Å². The first-order valence-corrected chi connectivity index (χ1v) is 8.90. The van der Waals surface area contributed by atoms with Gasteiger partial charge in [0.25, 0.3) is 0 Å². The summed E-state index contributed by atoms with van der Waals surface area (Å²) in [6, 6.07) is 14.6. The van der Waals surface area contributed by atoms with Gasteiger partial charge in [-0.1, -0.05) is 31.2 Å². The molecule has 0 aliphatic heterocycles. The van der Waals surface area contributed by atoms with Crippen LogP contribution in [0.3, 0.4) is 0 Å². The lowest BCUT2D eigenvalue weighted by Crippen LogP contribution is -2.18. The highest BCUT2D eigenvalue weighted by atomic mass is 16.1. The first-order valence-electron chi connectivity index (χ1n) is 8.90. The Kier molecular flexibility index (Phi) is 5.92. The summed E-state index contributed by atoms with van der Waals surface area (Å²) < 4.78 is 0.